The van der Waals surface area contributed by atoms with Crippen LogP contribution in [-0.2, 0) is 4.79 Å². The summed E-state index contributed by atoms with van der Waals surface area (Å²) in [4.78, 5) is 9.93. The molecule has 0 aromatic rings. The molecule has 0 aliphatic rings. The van der Waals surface area contributed by atoms with Crippen LogP contribution in [0.3, 0.4) is 0 Å². The zero-order chi connectivity index (χ0) is 4.99. The Labute approximate surface area is 43.0 Å². The van der Waals surface area contributed by atoms with Gasteiger partial charge in [0, 0.05) is 13.5 Å². The van der Waals surface area contributed by atoms with E-state index >= 15 is 0 Å². The number of hydrogen-bond acceptors (Lipinski definition) is 1. The summed E-state index contributed by atoms with van der Waals surface area (Å²) in [6.45, 7) is 4.13. The van der Waals surface area contributed by atoms with Crippen LogP contribution in [0.1, 0.15) is 13.8 Å². The second-order valence-electron chi connectivity index (χ2n) is 1.09. The van der Waals surface area contributed by atoms with Gasteiger partial charge in [0.25, 0.3) is 0 Å². The van der Waals surface area contributed by atoms with Gasteiger partial charge in [-0.1, -0.05) is 0 Å². The summed E-state index contributed by atoms with van der Waals surface area (Å²) in [6, 6.07) is 0. The molecule has 0 spiro atoms. The molecule has 0 aliphatic carbocycles. The number of carbonyl (C=O) groups is 1. The molecule has 0 saturated carbocycles. The highest BCUT2D eigenvalue weighted by atomic mass is 16.1. The molecule has 0 rings (SSSR count). The standard InChI is InChI=1S/C4H9NO.H2O/c1-3-5-4(2)6;/h3H2,1-2H3,(H,5,6);1H2. The summed E-state index contributed by atoms with van der Waals surface area (Å²) < 4.78 is 0. The first-order chi connectivity index (χ1) is 2.77. The second-order valence-corrected chi connectivity index (χ2v) is 1.09. The zero-order valence-electron chi connectivity index (χ0n) is 4.62. The first-order valence-corrected chi connectivity index (χ1v) is 2.01. The van der Waals surface area contributed by atoms with Crippen molar-refractivity contribution in [1.82, 2.24) is 5.32 Å². The molecule has 3 heteroatoms. The summed E-state index contributed by atoms with van der Waals surface area (Å²) in [5, 5.41) is 2.57. The van der Waals surface area contributed by atoms with E-state index in [4.69, 9.17) is 0 Å². The van der Waals surface area contributed by atoms with Crippen molar-refractivity contribution >= 4 is 5.91 Å². The first kappa shape index (κ1) is 9.66. The van der Waals surface area contributed by atoms with Crippen LogP contribution in [0.5, 0.6) is 0 Å². The lowest BCUT2D eigenvalue weighted by Gasteiger charge is -1.88. The lowest BCUT2D eigenvalue weighted by molar-refractivity contribution is -0.118. The Morgan fingerprint density at radius 1 is 1.71 bits per heavy atom. The Kier molecular flexibility index (Phi) is 7.49. The molecule has 0 aromatic carbocycles. The normalized spacial score (nSPS) is 6.57. The summed E-state index contributed by atoms with van der Waals surface area (Å²) in [5.74, 6) is 0.0394. The van der Waals surface area contributed by atoms with E-state index < -0.39 is 0 Å². The molecule has 44 valence electrons. The maximum atomic E-state index is 9.93. The zero-order valence-corrected chi connectivity index (χ0v) is 4.62. The van der Waals surface area contributed by atoms with Gasteiger partial charge in [-0.3, -0.25) is 4.79 Å². The Bertz CT molecular complexity index is 53.7. The highest BCUT2D eigenvalue weighted by molar-refractivity contribution is 5.72. The summed E-state index contributed by atoms with van der Waals surface area (Å²) in [7, 11) is 0. The van der Waals surface area contributed by atoms with Crippen LogP contribution in [-0.4, -0.2) is 17.9 Å². The molecule has 0 radical (unpaired) electrons. The fraction of sp³-hybridized carbons (Fsp3) is 0.750. The molecule has 0 bridgehead atoms. The second kappa shape index (κ2) is 5.43. The van der Waals surface area contributed by atoms with Gasteiger partial charge in [-0.25, -0.2) is 0 Å². The van der Waals surface area contributed by atoms with Crippen molar-refractivity contribution in [3.63, 3.8) is 0 Å². The van der Waals surface area contributed by atoms with Gasteiger partial charge in [0.2, 0.25) is 5.91 Å². The maximum Gasteiger partial charge on any atom is 0.216 e. The maximum absolute atomic E-state index is 9.93. The molecule has 0 atom stereocenters. The highest BCUT2D eigenvalue weighted by Crippen LogP contribution is 1.54. The molecule has 0 saturated heterocycles. The van der Waals surface area contributed by atoms with Crippen LogP contribution in [0, 0.1) is 0 Å². The number of rotatable bonds is 1. The molecule has 7 heavy (non-hydrogen) atoms. The van der Waals surface area contributed by atoms with Crippen LogP contribution < -0.4 is 5.32 Å². The van der Waals surface area contributed by atoms with Crippen molar-refractivity contribution in [2.75, 3.05) is 6.54 Å². The Hall–Kier alpha value is -0.570. The van der Waals surface area contributed by atoms with Crippen molar-refractivity contribution in [3.8, 4) is 0 Å². The SMILES string of the molecule is CCNC(C)=O.O. The van der Waals surface area contributed by atoms with Gasteiger partial charge in [0.05, 0.1) is 0 Å². The predicted molar refractivity (Wildman–Crippen MR) is 28.0 cm³/mol. The molecule has 1 amide bonds. The van der Waals surface area contributed by atoms with Gasteiger partial charge in [-0.05, 0) is 6.92 Å². The lowest BCUT2D eigenvalue weighted by atomic mass is 10.6. The van der Waals surface area contributed by atoms with E-state index in [9.17, 15) is 4.79 Å². The van der Waals surface area contributed by atoms with Crippen molar-refractivity contribution in [3.05, 3.63) is 0 Å². The van der Waals surface area contributed by atoms with Crippen molar-refractivity contribution in [2.24, 2.45) is 0 Å². The van der Waals surface area contributed by atoms with Crippen LogP contribution in [0.25, 0.3) is 0 Å². The van der Waals surface area contributed by atoms with Crippen LogP contribution >= 0.6 is 0 Å². The average molecular weight is 105 g/mol. The number of hydrogen-bond donors (Lipinski definition) is 1. The minimum absolute atomic E-state index is 0. The third-order valence-electron chi connectivity index (χ3n) is 0.426. The minimum Gasteiger partial charge on any atom is -0.412 e. The smallest absolute Gasteiger partial charge is 0.216 e. The summed E-state index contributed by atoms with van der Waals surface area (Å²) in [6.07, 6.45) is 0. The fourth-order valence-electron chi connectivity index (χ4n) is 0.249. The molecule has 3 nitrogen and oxygen atoms in total. The van der Waals surface area contributed by atoms with Crippen molar-refractivity contribution in [2.45, 2.75) is 13.8 Å². The summed E-state index contributed by atoms with van der Waals surface area (Å²) >= 11 is 0. The first-order valence-electron chi connectivity index (χ1n) is 2.01. The summed E-state index contributed by atoms with van der Waals surface area (Å²) in [5.41, 5.74) is 0. The van der Waals surface area contributed by atoms with E-state index in [2.05, 4.69) is 5.32 Å². The van der Waals surface area contributed by atoms with E-state index in [1.807, 2.05) is 6.92 Å². The number of amides is 1. The van der Waals surface area contributed by atoms with E-state index in [1.165, 1.54) is 6.92 Å². The largest absolute Gasteiger partial charge is 0.412 e. The average Bonchev–Trinajstić information content (AvgIpc) is 1.35. The number of nitrogens with one attached hydrogen (secondary N) is 1. The van der Waals surface area contributed by atoms with Crippen molar-refractivity contribution < 1.29 is 10.3 Å². The predicted octanol–water partition coefficient (Wildman–Crippen LogP) is -0.682. The molecule has 0 heterocycles. The highest BCUT2D eigenvalue weighted by Gasteiger charge is 1.78. The van der Waals surface area contributed by atoms with Crippen LogP contribution in [0.15, 0.2) is 0 Å². The molecule has 0 unspecified atom stereocenters. The molecule has 0 fully saturated rings. The Morgan fingerprint density at radius 3 is 2.14 bits per heavy atom. The van der Waals surface area contributed by atoms with Crippen LogP contribution in [0.4, 0.5) is 0 Å². The van der Waals surface area contributed by atoms with Gasteiger partial charge in [-0.2, -0.15) is 0 Å². The van der Waals surface area contributed by atoms with Gasteiger partial charge in [0.1, 0.15) is 0 Å². The molecular weight excluding hydrogens is 94.0 g/mol. The fourth-order valence-corrected chi connectivity index (χ4v) is 0.249. The van der Waals surface area contributed by atoms with E-state index in [-0.39, 0.29) is 11.4 Å². The third kappa shape index (κ3) is 10.8. The minimum atomic E-state index is 0. The molecule has 0 aliphatic heterocycles. The Morgan fingerprint density at radius 2 is 2.14 bits per heavy atom. The lowest BCUT2D eigenvalue weighted by Crippen LogP contribution is -2.18. The molecule has 3 N–H and O–H groups in total. The van der Waals surface area contributed by atoms with Gasteiger partial charge in [-0.15, -0.1) is 0 Å². The molecular formula is C4H11NO2. The van der Waals surface area contributed by atoms with Gasteiger partial charge < -0.3 is 10.8 Å². The van der Waals surface area contributed by atoms with E-state index in [1.54, 1.807) is 0 Å². The van der Waals surface area contributed by atoms with Crippen LogP contribution in [0.2, 0.25) is 0 Å². The Balaban J connectivity index is 0. The van der Waals surface area contributed by atoms with Gasteiger partial charge in [0.15, 0.2) is 0 Å². The van der Waals surface area contributed by atoms with E-state index in [0.717, 1.165) is 6.54 Å². The third-order valence-corrected chi connectivity index (χ3v) is 0.426. The number of carbonyl (C=O) groups excluding carboxylic acids is 1. The van der Waals surface area contributed by atoms with E-state index in [0.29, 0.717) is 0 Å². The van der Waals surface area contributed by atoms with Crippen molar-refractivity contribution in [1.29, 1.82) is 0 Å². The van der Waals surface area contributed by atoms with Gasteiger partial charge >= 0.3 is 0 Å². The molecule has 0 aromatic heterocycles. The monoisotopic (exact) mass is 105 g/mol. The topological polar surface area (TPSA) is 60.6 Å². The quantitative estimate of drug-likeness (QED) is 0.471.